The van der Waals surface area contributed by atoms with Crippen LogP contribution in [-0.4, -0.2) is 38.1 Å². The second-order valence-corrected chi connectivity index (χ2v) is 6.07. The van der Waals surface area contributed by atoms with Gasteiger partial charge in [-0.1, -0.05) is 13.8 Å². The summed E-state index contributed by atoms with van der Waals surface area (Å²) < 4.78 is 45.9. The van der Waals surface area contributed by atoms with Gasteiger partial charge in [-0.15, -0.1) is 0 Å². The van der Waals surface area contributed by atoms with Gasteiger partial charge in [0.05, 0.1) is 18.8 Å². The first-order chi connectivity index (χ1) is 8.68. The third kappa shape index (κ3) is 6.10. The van der Waals surface area contributed by atoms with Crippen LogP contribution in [-0.2, 0) is 9.47 Å². The van der Waals surface area contributed by atoms with Crippen LogP contribution in [0, 0.1) is 5.41 Å². The van der Waals surface area contributed by atoms with Crippen LogP contribution in [0.15, 0.2) is 0 Å². The summed E-state index contributed by atoms with van der Waals surface area (Å²) in [6.07, 6.45) is -0.521. The van der Waals surface area contributed by atoms with E-state index in [1.165, 1.54) is 0 Å². The number of halogens is 3. The van der Waals surface area contributed by atoms with Crippen molar-refractivity contribution in [2.24, 2.45) is 11.1 Å². The fourth-order valence-corrected chi connectivity index (χ4v) is 2.29. The first-order valence-corrected chi connectivity index (χ1v) is 6.67. The maximum Gasteiger partial charge on any atom is 0.411 e. The zero-order valence-corrected chi connectivity index (χ0v) is 11.7. The van der Waals surface area contributed by atoms with Crippen LogP contribution >= 0.6 is 0 Å². The molecule has 1 saturated carbocycles. The lowest BCUT2D eigenvalue weighted by atomic mass is 9.71. The lowest BCUT2D eigenvalue weighted by Crippen LogP contribution is -2.46. The van der Waals surface area contributed by atoms with E-state index in [1.807, 2.05) is 0 Å². The molecule has 0 aromatic carbocycles. The van der Waals surface area contributed by atoms with Crippen LogP contribution in [0.3, 0.4) is 0 Å². The summed E-state index contributed by atoms with van der Waals surface area (Å²) in [4.78, 5) is 0. The Morgan fingerprint density at radius 1 is 1.05 bits per heavy atom. The van der Waals surface area contributed by atoms with Crippen LogP contribution in [0.25, 0.3) is 0 Å². The van der Waals surface area contributed by atoms with E-state index in [-0.39, 0.29) is 18.8 Å². The Balaban J connectivity index is 2.26. The van der Waals surface area contributed by atoms with Gasteiger partial charge in [0, 0.05) is 6.54 Å². The van der Waals surface area contributed by atoms with Gasteiger partial charge < -0.3 is 15.2 Å². The summed E-state index contributed by atoms with van der Waals surface area (Å²) >= 11 is 0. The van der Waals surface area contributed by atoms with Gasteiger partial charge >= 0.3 is 6.18 Å². The quantitative estimate of drug-likeness (QED) is 0.762. The lowest BCUT2D eigenvalue weighted by Gasteiger charge is -2.42. The highest BCUT2D eigenvalue weighted by Crippen LogP contribution is 2.41. The van der Waals surface area contributed by atoms with Gasteiger partial charge in [-0.05, 0) is 31.1 Å². The van der Waals surface area contributed by atoms with Gasteiger partial charge in [0.25, 0.3) is 0 Å². The average molecular weight is 283 g/mol. The van der Waals surface area contributed by atoms with E-state index in [4.69, 9.17) is 10.5 Å². The monoisotopic (exact) mass is 283 g/mol. The van der Waals surface area contributed by atoms with E-state index in [2.05, 4.69) is 18.6 Å². The Kier molecular flexibility index (Phi) is 5.65. The predicted molar refractivity (Wildman–Crippen MR) is 66.9 cm³/mol. The Morgan fingerprint density at radius 2 is 1.63 bits per heavy atom. The molecule has 0 radical (unpaired) electrons. The molecule has 0 unspecified atom stereocenters. The Bertz CT molecular complexity index is 270. The van der Waals surface area contributed by atoms with Crippen LogP contribution in [0.1, 0.15) is 39.5 Å². The number of hydrogen-bond acceptors (Lipinski definition) is 3. The minimum Gasteiger partial charge on any atom is -0.371 e. The topological polar surface area (TPSA) is 44.5 Å². The number of alkyl halides is 3. The van der Waals surface area contributed by atoms with Gasteiger partial charge in [0.15, 0.2) is 0 Å². The van der Waals surface area contributed by atoms with E-state index in [1.54, 1.807) is 0 Å². The number of ether oxygens (including phenoxy) is 2. The molecule has 0 atom stereocenters. The van der Waals surface area contributed by atoms with E-state index < -0.39 is 12.8 Å². The fourth-order valence-electron chi connectivity index (χ4n) is 2.29. The number of rotatable bonds is 6. The molecular weight excluding hydrogens is 259 g/mol. The summed E-state index contributed by atoms with van der Waals surface area (Å²) in [7, 11) is 0. The van der Waals surface area contributed by atoms with Gasteiger partial charge in [-0.3, -0.25) is 0 Å². The summed E-state index contributed by atoms with van der Waals surface area (Å²) in [5, 5.41) is 0. The van der Waals surface area contributed by atoms with Gasteiger partial charge in [-0.2, -0.15) is 13.2 Å². The van der Waals surface area contributed by atoms with Crippen molar-refractivity contribution in [3.8, 4) is 0 Å². The predicted octanol–water partition coefficient (Wildman–Crippen LogP) is 2.88. The zero-order valence-electron chi connectivity index (χ0n) is 11.7. The largest absolute Gasteiger partial charge is 0.411 e. The van der Waals surface area contributed by atoms with Crippen LogP contribution in [0.5, 0.6) is 0 Å². The molecule has 3 nitrogen and oxygen atoms in total. The fraction of sp³-hybridized carbons (Fsp3) is 1.00. The minimum absolute atomic E-state index is 0.0509. The average Bonchev–Trinajstić information content (AvgIpc) is 2.30. The van der Waals surface area contributed by atoms with Crippen LogP contribution in [0.2, 0.25) is 0 Å². The highest BCUT2D eigenvalue weighted by molar-refractivity contribution is 4.91. The molecule has 0 aromatic rings. The summed E-state index contributed by atoms with van der Waals surface area (Å²) in [5.74, 6) is 0. The maximum absolute atomic E-state index is 11.9. The molecule has 114 valence electrons. The third-order valence-corrected chi connectivity index (χ3v) is 3.79. The van der Waals surface area contributed by atoms with Crippen molar-refractivity contribution >= 4 is 0 Å². The van der Waals surface area contributed by atoms with E-state index >= 15 is 0 Å². The van der Waals surface area contributed by atoms with Crippen molar-refractivity contribution in [3.05, 3.63) is 0 Å². The molecule has 0 bridgehead atoms. The molecule has 0 aliphatic heterocycles. The first-order valence-electron chi connectivity index (χ1n) is 6.67. The van der Waals surface area contributed by atoms with Crippen molar-refractivity contribution in [1.82, 2.24) is 0 Å². The van der Waals surface area contributed by atoms with E-state index in [9.17, 15) is 13.2 Å². The molecule has 2 N–H and O–H groups in total. The SMILES string of the molecule is CC1(C)CCC(CN)(OCCOCC(F)(F)F)CC1. The molecule has 1 fully saturated rings. The van der Waals surface area contributed by atoms with Crippen molar-refractivity contribution in [3.63, 3.8) is 0 Å². The third-order valence-electron chi connectivity index (χ3n) is 3.79. The van der Waals surface area contributed by atoms with E-state index in [0.29, 0.717) is 12.0 Å². The molecule has 1 aliphatic rings. The normalized spacial score (nSPS) is 22.4. The van der Waals surface area contributed by atoms with Crippen molar-refractivity contribution < 1.29 is 22.6 Å². The molecule has 0 spiro atoms. The zero-order chi connectivity index (χ0) is 14.6. The van der Waals surface area contributed by atoms with Gasteiger partial charge in [0.1, 0.15) is 6.61 Å². The van der Waals surface area contributed by atoms with Crippen molar-refractivity contribution in [1.29, 1.82) is 0 Å². The summed E-state index contributed by atoms with van der Waals surface area (Å²) in [6, 6.07) is 0. The molecule has 6 heteroatoms. The number of nitrogens with two attached hydrogens (primary N) is 1. The standard InChI is InChI=1S/C13H24F3NO2/c1-11(2)3-5-12(9-17,6-4-11)19-8-7-18-10-13(14,15)16/h3-10,17H2,1-2H3. The molecule has 19 heavy (non-hydrogen) atoms. The Hall–Kier alpha value is -0.330. The highest BCUT2D eigenvalue weighted by atomic mass is 19.4. The van der Waals surface area contributed by atoms with E-state index in [0.717, 1.165) is 25.7 Å². The van der Waals surface area contributed by atoms with Crippen molar-refractivity contribution in [2.75, 3.05) is 26.4 Å². The molecule has 1 rings (SSSR count). The molecule has 0 heterocycles. The van der Waals surface area contributed by atoms with Crippen LogP contribution < -0.4 is 5.73 Å². The van der Waals surface area contributed by atoms with Crippen LogP contribution in [0.4, 0.5) is 13.2 Å². The second kappa shape index (κ2) is 6.41. The number of hydrogen-bond donors (Lipinski definition) is 1. The molecule has 0 saturated heterocycles. The lowest BCUT2D eigenvalue weighted by molar-refractivity contribution is -0.181. The molecule has 0 amide bonds. The van der Waals surface area contributed by atoms with Crippen molar-refractivity contribution in [2.45, 2.75) is 51.3 Å². The molecule has 0 aromatic heterocycles. The Morgan fingerprint density at radius 3 is 2.11 bits per heavy atom. The van der Waals surface area contributed by atoms with Gasteiger partial charge in [0.2, 0.25) is 0 Å². The smallest absolute Gasteiger partial charge is 0.371 e. The Labute approximate surface area is 112 Å². The maximum atomic E-state index is 11.9. The summed E-state index contributed by atoms with van der Waals surface area (Å²) in [5.41, 5.74) is 5.69. The first kappa shape index (κ1) is 16.7. The minimum atomic E-state index is -4.28. The molecule has 1 aliphatic carbocycles. The van der Waals surface area contributed by atoms with Gasteiger partial charge in [-0.25, -0.2) is 0 Å². The molecular formula is C13H24F3NO2. The highest BCUT2D eigenvalue weighted by Gasteiger charge is 2.38. The second-order valence-electron chi connectivity index (χ2n) is 6.07. The summed E-state index contributed by atoms with van der Waals surface area (Å²) in [6.45, 7) is 3.71.